The van der Waals surface area contributed by atoms with Crippen molar-refractivity contribution in [3.8, 4) is 0 Å². The van der Waals surface area contributed by atoms with Crippen molar-refractivity contribution in [1.29, 1.82) is 0 Å². The minimum absolute atomic E-state index is 0. The van der Waals surface area contributed by atoms with E-state index in [1.807, 2.05) is 20.8 Å². The van der Waals surface area contributed by atoms with E-state index in [0.717, 1.165) is 19.5 Å². The lowest BCUT2D eigenvalue weighted by molar-refractivity contribution is -0.139. The van der Waals surface area contributed by atoms with Crippen LogP contribution >= 0.6 is 24.2 Å². The maximum absolute atomic E-state index is 12.4. The van der Waals surface area contributed by atoms with Crippen molar-refractivity contribution in [1.82, 2.24) is 15.5 Å². The topological polar surface area (TPSA) is 61.4 Å². The van der Waals surface area contributed by atoms with Crippen LogP contribution in [0.3, 0.4) is 0 Å². The van der Waals surface area contributed by atoms with Crippen LogP contribution in [0, 0.1) is 5.41 Å². The summed E-state index contributed by atoms with van der Waals surface area (Å²) in [5, 5.41) is 6.26. The van der Waals surface area contributed by atoms with Crippen LogP contribution in [0.1, 0.15) is 33.6 Å². The molecule has 5 nitrogen and oxygen atoms in total. The number of halogens is 1. The van der Waals surface area contributed by atoms with Gasteiger partial charge in [-0.3, -0.25) is 9.59 Å². The zero-order valence-electron chi connectivity index (χ0n) is 14.2. The second kappa shape index (κ2) is 8.94. The Morgan fingerprint density at radius 3 is 2.78 bits per heavy atom. The van der Waals surface area contributed by atoms with E-state index in [9.17, 15) is 9.59 Å². The highest BCUT2D eigenvalue weighted by Gasteiger charge is 2.35. The SMILES string of the molecule is CC(C)(C)CC(=O)N1CSCC1C(=O)NCC1=CCNCC1.Cl. The molecule has 2 aliphatic rings. The summed E-state index contributed by atoms with van der Waals surface area (Å²) in [7, 11) is 0. The number of carbonyl (C=O) groups excluding carboxylic acids is 2. The molecule has 0 aromatic rings. The highest BCUT2D eigenvalue weighted by molar-refractivity contribution is 7.99. The molecule has 0 spiro atoms. The molecule has 23 heavy (non-hydrogen) atoms. The molecular formula is C16H28ClN3O2S. The molecule has 1 saturated heterocycles. The first-order chi connectivity index (χ1) is 10.4. The first-order valence-electron chi connectivity index (χ1n) is 7.90. The third-order valence-corrected chi connectivity index (χ3v) is 4.85. The van der Waals surface area contributed by atoms with Gasteiger partial charge in [-0.05, 0) is 18.4 Å². The van der Waals surface area contributed by atoms with Gasteiger partial charge in [-0.25, -0.2) is 0 Å². The molecule has 1 atom stereocenters. The average molecular weight is 362 g/mol. The van der Waals surface area contributed by atoms with E-state index >= 15 is 0 Å². The molecule has 0 aliphatic carbocycles. The largest absolute Gasteiger partial charge is 0.351 e. The van der Waals surface area contributed by atoms with Gasteiger partial charge in [0, 0.05) is 25.3 Å². The van der Waals surface area contributed by atoms with Crippen molar-refractivity contribution < 1.29 is 9.59 Å². The van der Waals surface area contributed by atoms with Crippen LogP contribution in [0.5, 0.6) is 0 Å². The number of carbonyl (C=O) groups is 2. The van der Waals surface area contributed by atoms with E-state index < -0.39 is 0 Å². The minimum Gasteiger partial charge on any atom is -0.351 e. The van der Waals surface area contributed by atoms with E-state index in [0.29, 0.717) is 24.6 Å². The third-order valence-electron chi connectivity index (χ3n) is 3.83. The van der Waals surface area contributed by atoms with Crippen LogP contribution < -0.4 is 10.6 Å². The smallest absolute Gasteiger partial charge is 0.243 e. The van der Waals surface area contributed by atoms with Gasteiger partial charge >= 0.3 is 0 Å². The van der Waals surface area contributed by atoms with Crippen LogP contribution in [0.25, 0.3) is 0 Å². The molecule has 1 unspecified atom stereocenters. The quantitative estimate of drug-likeness (QED) is 0.749. The molecule has 132 valence electrons. The van der Waals surface area contributed by atoms with Crippen molar-refractivity contribution in [3.05, 3.63) is 11.6 Å². The Labute approximate surface area is 149 Å². The molecule has 0 saturated carbocycles. The molecule has 0 radical (unpaired) electrons. The lowest BCUT2D eigenvalue weighted by atomic mass is 9.91. The Kier molecular flexibility index (Phi) is 7.90. The number of hydrogen-bond acceptors (Lipinski definition) is 4. The maximum atomic E-state index is 12.4. The molecule has 2 rings (SSSR count). The van der Waals surface area contributed by atoms with E-state index in [-0.39, 0.29) is 35.7 Å². The summed E-state index contributed by atoms with van der Waals surface area (Å²) in [6, 6.07) is -0.317. The number of amides is 2. The highest BCUT2D eigenvalue weighted by atomic mass is 35.5. The molecule has 0 bridgehead atoms. The van der Waals surface area contributed by atoms with Crippen molar-refractivity contribution in [2.45, 2.75) is 39.7 Å². The second-order valence-electron chi connectivity index (χ2n) is 7.15. The predicted molar refractivity (Wildman–Crippen MR) is 97.9 cm³/mol. The number of rotatable bonds is 4. The highest BCUT2D eigenvalue weighted by Crippen LogP contribution is 2.26. The van der Waals surface area contributed by atoms with Gasteiger partial charge in [0.1, 0.15) is 6.04 Å². The van der Waals surface area contributed by atoms with Crippen molar-refractivity contribution >= 4 is 36.0 Å². The molecule has 1 fully saturated rings. The monoisotopic (exact) mass is 361 g/mol. The Morgan fingerprint density at radius 1 is 1.43 bits per heavy atom. The summed E-state index contributed by atoms with van der Waals surface area (Å²) in [6.07, 6.45) is 3.59. The van der Waals surface area contributed by atoms with E-state index in [1.54, 1.807) is 16.7 Å². The Morgan fingerprint density at radius 2 is 2.17 bits per heavy atom. The summed E-state index contributed by atoms with van der Waals surface area (Å²) >= 11 is 1.65. The lowest BCUT2D eigenvalue weighted by Gasteiger charge is -2.27. The van der Waals surface area contributed by atoms with E-state index in [2.05, 4.69) is 16.7 Å². The van der Waals surface area contributed by atoms with Crippen LogP contribution in [-0.4, -0.2) is 54.0 Å². The summed E-state index contributed by atoms with van der Waals surface area (Å²) in [4.78, 5) is 26.5. The number of thioether (sulfide) groups is 1. The van der Waals surface area contributed by atoms with Crippen molar-refractivity contribution in [2.24, 2.45) is 5.41 Å². The van der Waals surface area contributed by atoms with Gasteiger partial charge in [0.2, 0.25) is 11.8 Å². The number of nitrogens with one attached hydrogen (secondary N) is 2. The fourth-order valence-electron chi connectivity index (χ4n) is 2.61. The predicted octanol–water partition coefficient (Wildman–Crippen LogP) is 1.78. The summed E-state index contributed by atoms with van der Waals surface area (Å²) < 4.78 is 0. The molecule has 0 aromatic carbocycles. The zero-order chi connectivity index (χ0) is 16.2. The average Bonchev–Trinajstić information content (AvgIpc) is 2.93. The Balaban J connectivity index is 0.00000264. The van der Waals surface area contributed by atoms with Gasteiger partial charge in [0.15, 0.2) is 0 Å². The van der Waals surface area contributed by atoms with Crippen molar-refractivity contribution in [2.75, 3.05) is 31.3 Å². The standard InChI is InChI=1S/C16H27N3O2S.ClH/c1-16(2,3)8-14(20)19-11-22-10-13(19)15(21)18-9-12-4-6-17-7-5-12;/h4,13,17H,5-11H2,1-3H3,(H,18,21);1H. The van der Waals surface area contributed by atoms with E-state index in [4.69, 9.17) is 0 Å². The van der Waals surface area contributed by atoms with Crippen LogP contribution in [0.2, 0.25) is 0 Å². The fraction of sp³-hybridized carbons (Fsp3) is 0.750. The molecule has 2 N–H and O–H groups in total. The molecular weight excluding hydrogens is 334 g/mol. The van der Waals surface area contributed by atoms with E-state index in [1.165, 1.54) is 5.57 Å². The molecule has 2 amide bonds. The lowest BCUT2D eigenvalue weighted by Crippen LogP contribution is -2.48. The van der Waals surface area contributed by atoms with Gasteiger partial charge in [0.25, 0.3) is 0 Å². The van der Waals surface area contributed by atoms with Gasteiger partial charge in [0.05, 0.1) is 5.88 Å². The van der Waals surface area contributed by atoms with Crippen LogP contribution in [0.4, 0.5) is 0 Å². The third kappa shape index (κ3) is 6.36. The van der Waals surface area contributed by atoms with Gasteiger partial charge in [-0.2, -0.15) is 0 Å². The Hall–Kier alpha value is -0.720. The number of hydrogen-bond donors (Lipinski definition) is 2. The molecule has 2 aliphatic heterocycles. The first-order valence-corrected chi connectivity index (χ1v) is 9.06. The zero-order valence-corrected chi connectivity index (χ0v) is 15.8. The van der Waals surface area contributed by atoms with Crippen molar-refractivity contribution in [3.63, 3.8) is 0 Å². The summed E-state index contributed by atoms with van der Waals surface area (Å²) in [5.74, 6) is 1.38. The van der Waals surface area contributed by atoms with Gasteiger partial charge in [-0.15, -0.1) is 24.2 Å². The second-order valence-corrected chi connectivity index (χ2v) is 8.15. The Bertz CT molecular complexity index is 463. The van der Waals surface area contributed by atoms with Crippen LogP contribution in [-0.2, 0) is 9.59 Å². The molecule has 2 heterocycles. The molecule has 0 aromatic heterocycles. The maximum Gasteiger partial charge on any atom is 0.243 e. The normalized spacial score (nSPS) is 21.4. The van der Waals surface area contributed by atoms with Crippen LogP contribution in [0.15, 0.2) is 11.6 Å². The fourth-order valence-corrected chi connectivity index (χ4v) is 3.79. The van der Waals surface area contributed by atoms with Gasteiger partial charge < -0.3 is 15.5 Å². The minimum atomic E-state index is -0.317. The summed E-state index contributed by atoms with van der Waals surface area (Å²) in [6.45, 7) is 8.59. The molecule has 7 heteroatoms. The van der Waals surface area contributed by atoms with Gasteiger partial charge in [-0.1, -0.05) is 32.4 Å². The first kappa shape index (κ1) is 20.3. The summed E-state index contributed by atoms with van der Waals surface area (Å²) in [5.41, 5.74) is 1.22. The number of nitrogens with zero attached hydrogens (tertiary/aromatic N) is 1.